The lowest BCUT2D eigenvalue weighted by Crippen LogP contribution is -2.24. The Hall–Kier alpha value is -0.810. The fourth-order valence-corrected chi connectivity index (χ4v) is 3.36. The molecule has 4 nitrogen and oxygen atoms in total. The van der Waals surface area contributed by atoms with Gasteiger partial charge in [-0.15, -0.1) is 0 Å². The number of nitrogens with zero attached hydrogens (tertiary/aromatic N) is 1. The van der Waals surface area contributed by atoms with E-state index in [0.717, 1.165) is 0 Å². The van der Waals surface area contributed by atoms with Gasteiger partial charge in [0.1, 0.15) is 7.14 Å². The first-order valence-corrected chi connectivity index (χ1v) is 5.99. The van der Waals surface area contributed by atoms with Crippen molar-refractivity contribution in [1.82, 2.24) is 0 Å². The van der Waals surface area contributed by atoms with E-state index in [1.54, 1.807) is 13.0 Å². The predicted octanol–water partition coefficient (Wildman–Crippen LogP) is 0.818. The monoisotopic (exact) mass is 187 g/mol. The summed E-state index contributed by atoms with van der Waals surface area (Å²) in [7, 11) is -2.55. The maximum absolute atomic E-state index is 11.4. The number of rotatable bonds is 2. The lowest BCUT2D eigenvalue weighted by Gasteiger charge is -2.04. The van der Waals surface area contributed by atoms with Gasteiger partial charge in [0.25, 0.3) is 0 Å². The molecule has 0 bridgehead atoms. The van der Waals surface area contributed by atoms with Crippen LogP contribution in [0.25, 0.3) is 0 Å². The highest BCUT2D eigenvalue weighted by molar-refractivity contribution is 7.74. The van der Waals surface area contributed by atoms with E-state index < -0.39 is 18.3 Å². The molecule has 0 amide bonds. The molecule has 0 aromatic carbocycles. The van der Waals surface area contributed by atoms with Gasteiger partial charge >= 0.3 is 5.97 Å². The summed E-state index contributed by atoms with van der Waals surface area (Å²) in [6, 6.07) is 1.79. The first-order chi connectivity index (χ1) is 5.50. The zero-order valence-electron chi connectivity index (χ0n) is 7.03. The molecule has 0 saturated carbocycles. The van der Waals surface area contributed by atoms with Gasteiger partial charge in [0.15, 0.2) is 0 Å². The highest BCUT2D eigenvalue weighted by atomic mass is 31.2. The normalized spacial score (nSPS) is 38.4. The van der Waals surface area contributed by atoms with Crippen LogP contribution in [0.2, 0.25) is 0 Å². The van der Waals surface area contributed by atoms with E-state index in [2.05, 4.69) is 4.74 Å². The highest BCUT2D eigenvalue weighted by Gasteiger charge is 2.69. The number of ether oxygens (including phenoxy) is 1. The molecule has 2 atom stereocenters. The molecular weight excluding hydrogens is 177 g/mol. The fourth-order valence-electron chi connectivity index (χ4n) is 1.10. The van der Waals surface area contributed by atoms with Crippen LogP contribution in [0.5, 0.6) is 0 Å². The molecule has 0 aliphatic carbocycles. The predicted molar refractivity (Wildman–Crippen MR) is 43.4 cm³/mol. The lowest BCUT2D eigenvalue weighted by molar-refractivity contribution is -0.143. The molecule has 1 aliphatic heterocycles. The fraction of sp³-hybridized carbons (Fsp3) is 0.714. The van der Waals surface area contributed by atoms with E-state index in [1.165, 1.54) is 6.66 Å². The molecule has 12 heavy (non-hydrogen) atoms. The molecule has 2 unspecified atom stereocenters. The van der Waals surface area contributed by atoms with E-state index in [-0.39, 0.29) is 12.8 Å². The first-order valence-electron chi connectivity index (χ1n) is 3.65. The van der Waals surface area contributed by atoms with E-state index in [0.29, 0.717) is 0 Å². The molecule has 1 rings (SSSR count). The molecule has 0 aromatic heterocycles. The summed E-state index contributed by atoms with van der Waals surface area (Å²) in [6.07, 6.45) is 0.176. The van der Waals surface area contributed by atoms with Crippen LogP contribution in [0.15, 0.2) is 0 Å². The summed E-state index contributed by atoms with van der Waals surface area (Å²) >= 11 is 0. The molecule has 0 spiro atoms. The van der Waals surface area contributed by atoms with Crippen molar-refractivity contribution >= 4 is 13.1 Å². The van der Waals surface area contributed by atoms with Crippen LogP contribution in [-0.4, -0.2) is 30.6 Å². The molecule has 0 aromatic rings. The summed E-state index contributed by atoms with van der Waals surface area (Å²) in [6.45, 7) is 3.35. The number of carbonyl (C=O) groups is 1. The molecule has 66 valence electrons. The standard InChI is InChI=1S/C7H10NO3P/c1-3-11-6(9)7(4-8)5-12(7,2)10/h3,5H2,1-2H3. The quantitative estimate of drug-likeness (QED) is 0.474. The van der Waals surface area contributed by atoms with Crippen molar-refractivity contribution in [2.45, 2.75) is 12.1 Å². The Labute approximate surface area is 70.9 Å². The van der Waals surface area contributed by atoms with Crippen molar-refractivity contribution in [3.63, 3.8) is 0 Å². The van der Waals surface area contributed by atoms with Gasteiger partial charge in [0, 0.05) is 6.16 Å². The smallest absolute Gasteiger partial charge is 0.334 e. The second-order valence-electron chi connectivity index (χ2n) is 2.95. The van der Waals surface area contributed by atoms with Crippen LogP contribution < -0.4 is 0 Å². The van der Waals surface area contributed by atoms with Crippen LogP contribution in [-0.2, 0) is 14.1 Å². The minimum absolute atomic E-state index is 0.176. The number of hydrogen-bond acceptors (Lipinski definition) is 4. The molecule has 1 fully saturated rings. The molecule has 1 aliphatic rings. The molecule has 0 N–H and O–H groups in total. The SMILES string of the molecule is CCOC(=O)C1(C#N)CP1(C)=O. The van der Waals surface area contributed by atoms with Crippen LogP contribution in [0.4, 0.5) is 0 Å². The minimum atomic E-state index is -2.55. The third-order valence-corrected chi connectivity index (χ3v) is 4.78. The summed E-state index contributed by atoms with van der Waals surface area (Å²) in [5, 5.41) is 7.36. The zero-order valence-corrected chi connectivity index (χ0v) is 7.93. The summed E-state index contributed by atoms with van der Waals surface area (Å²) in [5.41, 5.74) is 0. The maximum atomic E-state index is 11.4. The van der Waals surface area contributed by atoms with Crippen molar-refractivity contribution in [3.8, 4) is 6.07 Å². The Morgan fingerprint density at radius 1 is 1.83 bits per heavy atom. The average molecular weight is 187 g/mol. The summed E-state index contributed by atoms with van der Waals surface area (Å²) < 4.78 is 16.1. The van der Waals surface area contributed by atoms with Gasteiger partial charge in [-0.25, -0.2) is 4.79 Å². The number of hydrogen-bond donors (Lipinski definition) is 0. The second kappa shape index (κ2) is 2.60. The molecular formula is C7H10NO3P. The number of carbonyl (C=O) groups excluding carboxylic acids is 1. The minimum Gasteiger partial charge on any atom is -0.464 e. The van der Waals surface area contributed by atoms with E-state index >= 15 is 0 Å². The van der Waals surface area contributed by atoms with E-state index in [9.17, 15) is 9.36 Å². The third kappa shape index (κ3) is 1.05. The van der Waals surface area contributed by atoms with E-state index in [4.69, 9.17) is 5.26 Å². The van der Waals surface area contributed by atoms with Crippen molar-refractivity contribution in [2.24, 2.45) is 0 Å². The Morgan fingerprint density at radius 3 is 2.58 bits per heavy atom. The Bertz CT molecular complexity index is 306. The third-order valence-electron chi connectivity index (χ3n) is 2.03. The lowest BCUT2D eigenvalue weighted by atomic mass is 10.2. The summed E-state index contributed by atoms with van der Waals surface area (Å²) in [4.78, 5) is 11.2. The molecule has 1 heterocycles. The van der Waals surface area contributed by atoms with Crippen molar-refractivity contribution in [2.75, 3.05) is 19.4 Å². The Kier molecular flexibility index (Phi) is 2.01. The first kappa shape index (κ1) is 9.28. The van der Waals surface area contributed by atoms with Crippen LogP contribution in [0, 0.1) is 11.3 Å². The van der Waals surface area contributed by atoms with Gasteiger partial charge in [0.2, 0.25) is 5.16 Å². The van der Waals surface area contributed by atoms with Crippen LogP contribution in [0.1, 0.15) is 6.92 Å². The highest BCUT2D eigenvalue weighted by Crippen LogP contribution is 2.73. The van der Waals surface area contributed by atoms with Crippen molar-refractivity contribution < 1.29 is 14.1 Å². The average Bonchev–Trinajstić information content (AvgIpc) is 2.55. The van der Waals surface area contributed by atoms with Crippen LogP contribution in [0.3, 0.4) is 0 Å². The van der Waals surface area contributed by atoms with Gasteiger partial charge in [-0.1, -0.05) is 0 Å². The number of esters is 1. The second-order valence-corrected chi connectivity index (χ2v) is 6.23. The topological polar surface area (TPSA) is 67.2 Å². The molecule has 1 saturated heterocycles. The summed E-state index contributed by atoms with van der Waals surface area (Å²) in [5.74, 6) is -0.627. The van der Waals surface area contributed by atoms with Gasteiger partial charge in [0.05, 0.1) is 12.7 Å². The Morgan fingerprint density at radius 2 is 2.33 bits per heavy atom. The Balaban J connectivity index is 2.82. The van der Waals surface area contributed by atoms with Crippen molar-refractivity contribution in [1.29, 1.82) is 5.26 Å². The zero-order chi connectivity index (χ0) is 9.41. The van der Waals surface area contributed by atoms with Crippen molar-refractivity contribution in [3.05, 3.63) is 0 Å². The molecule has 0 radical (unpaired) electrons. The van der Waals surface area contributed by atoms with Gasteiger partial charge in [-0.3, -0.25) is 0 Å². The van der Waals surface area contributed by atoms with Gasteiger partial charge in [-0.2, -0.15) is 5.26 Å². The molecule has 5 heteroatoms. The van der Waals surface area contributed by atoms with Gasteiger partial charge in [-0.05, 0) is 13.6 Å². The van der Waals surface area contributed by atoms with Gasteiger partial charge < -0.3 is 9.30 Å². The van der Waals surface area contributed by atoms with E-state index in [1.807, 2.05) is 0 Å². The maximum Gasteiger partial charge on any atom is 0.334 e. The van der Waals surface area contributed by atoms with Crippen LogP contribution >= 0.6 is 7.14 Å². The number of nitriles is 1. The largest absolute Gasteiger partial charge is 0.464 e.